The van der Waals surface area contributed by atoms with Gasteiger partial charge in [0.15, 0.2) is 0 Å². The van der Waals surface area contributed by atoms with Crippen molar-refractivity contribution in [1.82, 2.24) is 4.98 Å². The number of carbonyl (C=O) groups is 1. The number of aromatic nitrogens is 1. The zero-order valence-electron chi connectivity index (χ0n) is 10.4. The van der Waals surface area contributed by atoms with Crippen LogP contribution in [0.5, 0.6) is 0 Å². The third kappa shape index (κ3) is 2.84. The van der Waals surface area contributed by atoms with Crippen LogP contribution >= 0.6 is 15.9 Å². The smallest absolute Gasteiger partial charge is 0.376 e. The fourth-order valence-corrected chi connectivity index (χ4v) is 1.89. The van der Waals surface area contributed by atoms with Crippen LogP contribution in [0.2, 0.25) is 0 Å². The summed E-state index contributed by atoms with van der Waals surface area (Å²) in [6, 6.07) is 4.50. The van der Waals surface area contributed by atoms with Crippen LogP contribution in [0, 0.1) is 12.7 Å². The summed E-state index contributed by atoms with van der Waals surface area (Å²) in [4.78, 5) is 15.6. The number of oxazole rings is 1. The van der Waals surface area contributed by atoms with Gasteiger partial charge >= 0.3 is 5.97 Å². The lowest BCUT2D eigenvalue weighted by Crippen LogP contribution is -2.04. The first-order valence-electron chi connectivity index (χ1n) is 5.63. The number of hydrogen-bond acceptors (Lipinski definition) is 4. The maximum absolute atomic E-state index is 13.8. The highest BCUT2D eigenvalue weighted by Gasteiger charge is 2.20. The highest BCUT2D eigenvalue weighted by molar-refractivity contribution is 9.10. The molecule has 0 unspecified atom stereocenters. The minimum Gasteiger partial charge on any atom is -0.460 e. The summed E-state index contributed by atoms with van der Waals surface area (Å²) in [6.45, 7) is 3.54. The Morgan fingerprint density at radius 3 is 2.89 bits per heavy atom. The largest absolute Gasteiger partial charge is 0.460 e. The van der Waals surface area contributed by atoms with Gasteiger partial charge in [-0.2, -0.15) is 0 Å². The third-order valence-electron chi connectivity index (χ3n) is 2.42. The minimum absolute atomic E-state index is 0.000770. The van der Waals surface area contributed by atoms with Crippen LogP contribution in [0.4, 0.5) is 4.39 Å². The van der Waals surface area contributed by atoms with Gasteiger partial charge in [0.2, 0.25) is 11.7 Å². The average Bonchev–Trinajstić information content (AvgIpc) is 2.71. The van der Waals surface area contributed by atoms with E-state index in [-0.39, 0.29) is 23.8 Å². The van der Waals surface area contributed by atoms with Crippen molar-refractivity contribution in [3.63, 3.8) is 0 Å². The Hall–Kier alpha value is -1.69. The lowest BCUT2D eigenvalue weighted by molar-refractivity contribution is 0.0490. The van der Waals surface area contributed by atoms with Gasteiger partial charge in [0.05, 0.1) is 17.9 Å². The van der Waals surface area contributed by atoms with Crippen LogP contribution in [-0.2, 0) is 4.74 Å². The second-order valence-electron chi connectivity index (χ2n) is 3.78. The molecule has 0 aliphatic carbocycles. The Morgan fingerprint density at radius 1 is 1.53 bits per heavy atom. The topological polar surface area (TPSA) is 52.3 Å². The van der Waals surface area contributed by atoms with Crippen LogP contribution in [0.1, 0.15) is 23.2 Å². The molecule has 2 aromatic rings. The first-order valence-corrected chi connectivity index (χ1v) is 6.42. The van der Waals surface area contributed by atoms with Gasteiger partial charge in [-0.1, -0.05) is 15.9 Å². The molecular weight excluding hydrogens is 317 g/mol. The molecule has 0 saturated heterocycles. The maximum atomic E-state index is 13.8. The molecule has 0 spiro atoms. The van der Waals surface area contributed by atoms with Gasteiger partial charge in [0, 0.05) is 4.47 Å². The van der Waals surface area contributed by atoms with Gasteiger partial charge < -0.3 is 9.15 Å². The standard InChI is InChI=1S/C13H11BrFNO3/c1-3-18-13(17)11-7(2)16-12(19-11)9-5-4-8(14)6-10(9)15/h4-6H,3H2,1-2H3. The maximum Gasteiger partial charge on any atom is 0.376 e. The third-order valence-corrected chi connectivity index (χ3v) is 2.91. The van der Waals surface area contributed by atoms with Crippen molar-refractivity contribution >= 4 is 21.9 Å². The van der Waals surface area contributed by atoms with E-state index in [0.717, 1.165) is 0 Å². The zero-order valence-corrected chi connectivity index (χ0v) is 12.0. The van der Waals surface area contributed by atoms with Crippen molar-refractivity contribution in [2.24, 2.45) is 0 Å². The summed E-state index contributed by atoms with van der Waals surface area (Å²) >= 11 is 3.17. The van der Waals surface area contributed by atoms with E-state index in [1.54, 1.807) is 19.9 Å². The number of nitrogens with zero attached hydrogens (tertiary/aromatic N) is 1. The first kappa shape index (κ1) is 13.7. The van der Waals surface area contributed by atoms with Gasteiger partial charge in [0.25, 0.3) is 0 Å². The van der Waals surface area contributed by atoms with Crippen LogP contribution in [0.25, 0.3) is 11.5 Å². The van der Waals surface area contributed by atoms with E-state index in [0.29, 0.717) is 10.2 Å². The predicted octanol–water partition coefficient (Wildman–Crippen LogP) is 3.73. The minimum atomic E-state index is -0.601. The lowest BCUT2D eigenvalue weighted by atomic mass is 10.2. The zero-order chi connectivity index (χ0) is 14.0. The Kier molecular flexibility index (Phi) is 3.99. The van der Waals surface area contributed by atoms with Crippen molar-refractivity contribution < 1.29 is 18.3 Å². The van der Waals surface area contributed by atoms with E-state index in [2.05, 4.69) is 20.9 Å². The average molecular weight is 328 g/mol. The first-order chi connectivity index (χ1) is 9.02. The van der Waals surface area contributed by atoms with Gasteiger partial charge in [-0.05, 0) is 32.0 Å². The van der Waals surface area contributed by atoms with E-state index in [4.69, 9.17) is 9.15 Å². The van der Waals surface area contributed by atoms with E-state index in [1.807, 2.05) is 0 Å². The van der Waals surface area contributed by atoms with Gasteiger partial charge in [0.1, 0.15) is 5.82 Å². The molecule has 2 rings (SSSR count). The summed E-state index contributed by atoms with van der Waals surface area (Å²) < 4.78 is 24.5. The molecule has 0 fully saturated rings. The molecule has 0 aliphatic rings. The quantitative estimate of drug-likeness (QED) is 0.806. The van der Waals surface area contributed by atoms with Crippen molar-refractivity contribution in [2.75, 3.05) is 6.61 Å². The fourth-order valence-electron chi connectivity index (χ4n) is 1.56. The molecule has 0 atom stereocenters. The summed E-state index contributed by atoms with van der Waals surface area (Å²) in [5.41, 5.74) is 0.567. The molecule has 4 nitrogen and oxygen atoms in total. The Labute approximate surface area is 117 Å². The van der Waals surface area contributed by atoms with E-state index in [9.17, 15) is 9.18 Å². The predicted molar refractivity (Wildman–Crippen MR) is 70.3 cm³/mol. The summed E-state index contributed by atoms with van der Waals surface area (Å²) in [5, 5.41) is 0. The SMILES string of the molecule is CCOC(=O)c1oc(-c2ccc(Br)cc2F)nc1C. The number of esters is 1. The van der Waals surface area contributed by atoms with Crippen LogP contribution in [-0.4, -0.2) is 17.6 Å². The number of benzene rings is 1. The molecule has 6 heteroatoms. The Morgan fingerprint density at radius 2 is 2.26 bits per heavy atom. The number of halogens is 2. The molecule has 19 heavy (non-hydrogen) atoms. The molecule has 0 saturated carbocycles. The Bertz CT molecular complexity index is 624. The molecular formula is C13H11BrFNO3. The molecule has 0 amide bonds. The second kappa shape index (κ2) is 5.52. The molecule has 1 aromatic carbocycles. The van der Waals surface area contributed by atoms with Gasteiger partial charge in [-0.15, -0.1) is 0 Å². The number of hydrogen-bond donors (Lipinski definition) is 0. The molecule has 100 valence electrons. The van der Waals surface area contributed by atoms with Gasteiger partial charge in [-0.25, -0.2) is 14.2 Å². The van der Waals surface area contributed by atoms with Crippen molar-refractivity contribution in [2.45, 2.75) is 13.8 Å². The highest BCUT2D eigenvalue weighted by atomic mass is 79.9. The van der Waals surface area contributed by atoms with Gasteiger partial charge in [-0.3, -0.25) is 0 Å². The second-order valence-corrected chi connectivity index (χ2v) is 4.69. The molecule has 1 heterocycles. The number of ether oxygens (including phenoxy) is 1. The molecule has 0 radical (unpaired) electrons. The summed E-state index contributed by atoms with van der Waals surface area (Å²) in [6.07, 6.45) is 0. The summed E-state index contributed by atoms with van der Waals surface area (Å²) in [7, 11) is 0. The number of rotatable bonds is 3. The number of aryl methyl sites for hydroxylation is 1. The molecule has 0 bridgehead atoms. The monoisotopic (exact) mass is 327 g/mol. The van der Waals surface area contributed by atoms with E-state index in [1.165, 1.54) is 12.1 Å². The highest BCUT2D eigenvalue weighted by Crippen LogP contribution is 2.27. The summed E-state index contributed by atoms with van der Waals surface area (Å²) in [5.74, 6) is -1.02. The normalized spacial score (nSPS) is 10.5. The number of carbonyl (C=O) groups excluding carboxylic acids is 1. The molecule has 1 aromatic heterocycles. The van der Waals surface area contributed by atoms with E-state index >= 15 is 0 Å². The fraction of sp³-hybridized carbons (Fsp3) is 0.231. The van der Waals surface area contributed by atoms with Crippen LogP contribution in [0.15, 0.2) is 27.1 Å². The van der Waals surface area contributed by atoms with Crippen LogP contribution < -0.4 is 0 Å². The molecule has 0 N–H and O–H groups in total. The van der Waals surface area contributed by atoms with Crippen molar-refractivity contribution in [3.8, 4) is 11.5 Å². The van der Waals surface area contributed by atoms with Crippen molar-refractivity contribution in [1.29, 1.82) is 0 Å². The Balaban J connectivity index is 2.42. The van der Waals surface area contributed by atoms with Crippen molar-refractivity contribution in [3.05, 3.63) is 39.9 Å². The van der Waals surface area contributed by atoms with Crippen LogP contribution in [0.3, 0.4) is 0 Å². The lowest BCUT2D eigenvalue weighted by Gasteiger charge is -1.99. The molecule has 0 aliphatic heterocycles. The van der Waals surface area contributed by atoms with E-state index < -0.39 is 11.8 Å².